The lowest BCUT2D eigenvalue weighted by Gasteiger charge is -2.24. The standard InChI is InChI=1S/C16H17NO/c1-5-7-13-14-9-8-11(3)12(4)16(14)18-10-15(13)17-6-2/h5-9H,1-2,10H2,3-4H3. The topological polar surface area (TPSA) is 21.6 Å². The van der Waals surface area contributed by atoms with Crippen LogP contribution in [0.2, 0.25) is 0 Å². The van der Waals surface area contributed by atoms with E-state index in [9.17, 15) is 0 Å². The van der Waals surface area contributed by atoms with Gasteiger partial charge in [-0.3, -0.25) is 4.99 Å². The van der Waals surface area contributed by atoms with Crippen LogP contribution in [-0.2, 0) is 0 Å². The van der Waals surface area contributed by atoms with Gasteiger partial charge in [0, 0.05) is 17.3 Å². The van der Waals surface area contributed by atoms with Crippen LogP contribution in [0.3, 0.4) is 0 Å². The number of ether oxygens (including phenoxy) is 1. The normalized spacial score (nSPS) is 18.3. The monoisotopic (exact) mass is 239 g/mol. The smallest absolute Gasteiger partial charge is 0.131 e. The van der Waals surface area contributed by atoms with Crippen LogP contribution in [0.4, 0.5) is 0 Å². The van der Waals surface area contributed by atoms with Gasteiger partial charge in [0.05, 0.1) is 5.71 Å². The summed E-state index contributed by atoms with van der Waals surface area (Å²) in [5, 5.41) is 0. The van der Waals surface area contributed by atoms with Crippen molar-refractivity contribution in [2.75, 3.05) is 6.61 Å². The van der Waals surface area contributed by atoms with Crippen LogP contribution in [-0.4, -0.2) is 12.3 Å². The Balaban J connectivity index is 2.65. The maximum absolute atomic E-state index is 5.82. The molecule has 2 heteroatoms. The Kier molecular flexibility index (Phi) is 3.47. The van der Waals surface area contributed by atoms with Gasteiger partial charge in [-0.05, 0) is 25.0 Å². The van der Waals surface area contributed by atoms with Crippen LogP contribution >= 0.6 is 0 Å². The van der Waals surface area contributed by atoms with Gasteiger partial charge >= 0.3 is 0 Å². The maximum atomic E-state index is 5.82. The van der Waals surface area contributed by atoms with Gasteiger partial charge in [0.1, 0.15) is 12.4 Å². The molecule has 2 rings (SSSR count). The summed E-state index contributed by atoms with van der Waals surface area (Å²) >= 11 is 0. The Morgan fingerprint density at radius 2 is 2.06 bits per heavy atom. The second-order valence-electron chi connectivity index (χ2n) is 4.25. The van der Waals surface area contributed by atoms with Gasteiger partial charge in [-0.2, -0.15) is 0 Å². The van der Waals surface area contributed by atoms with E-state index in [0.717, 1.165) is 22.6 Å². The summed E-state index contributed by atoms with van der Waals surface area (Å²) in [5.41, 5.74) is 5.44. The zero-order chi connectivity index (χ0) is 13.1. The van der Waals surface area contributed by atoms with Crippen molar-refractivity contribution in [3.8, 4) is 5.75 Å². The van der Waals surface area contributed by atoms with Crippen molar-refractivity contribution in [3.05, 3.63) is 60.3 Å². The fourth-order valence-corrected chi connectivity index (χ4v) is 2.08. The average molecular weight is 239 g/mol. The second kappa shape index (κ2) is 5.05. The van der Waals surface area contributed by atoms with E-state index in [4.69, 9.17) is 4.74 Å². The first kappa shape index (κ1) is 12.4. The molecule has 0 amide bonds. The van der Waals surface area contributed by atoms with Gasteiger partial charge in [-0.1, -0.05) is 37.4 Å². The maximum Gasteiger partial charge on any atom is 0.131 e. The number of allylic oxidation sites excluding steroid dienone is 2. The summed E-state index contributed by atoms with van der Waals surface area (Å²) < 4.78 is 5.82. The first-order chi connectivity index (χ1) is 8.69. The Morgan fingerprint density at radius 3 is 2.72 bits per heavy atom. The van der Waals surface area contributed by atoms with Gasteiger partial charge < -0.3 is 4.74 Å². The molecule has 0 N–H and O–H groups in total. The van der Waals surface area contributed by atoms with Crippen molar-refractivity contribution in [1.29, 1.82) is 0 Å². The fourth-order valence-electron chi connectivity index (χ4n) is 2.08. The highest BCUT2D eigenvalue weighted by Gasteiger charge is 2.22. The summed E-state index contributed by atoms with van der Waals surface area (Å²) in [6, 6.07) is 4.18. The number of nitrogens with zero attached hydrogens (tertiary/aromatic N) is 1. The minimum atomic E-state index is 0.475. The summed E-state index contributed by atoms with van der Waals surface area (Å²) in [5.74, 6) is 0.950. The molecule has 0 saturated carbocycles. The van der Waals surface area contributed by atoms with E-state index >= 15 is 0 Å². The average Bonchev–Trinajstić information content (AvgIpc) is 2.37. The van der Waals surface area contributed by atoms with Crippen LogP contribution in [0.5, 0.6) is 5.75 Å². The fraction of sp³-hybridized carbons (Fsp3) is 0.188. The third-order valence-electron chi connectivity index (χ3n) is 3.16. The summed E-state index contributed by atoms with van der Waals surface area (Å²) in [6.07, 6.45) is 5.29. The van der Waals surface area contributed by atoms with Crippen LogP contribution in [0.1, 0.15) is 16.7 Å². The van der Waals surface area contributed by atoms with E-state index < -0.39 is 0 Å². The largest absolute Gasteiger partial charge is 0.486 e. The number of aliphatic imine (C=N–C) groups is 1. The molecule has 92 valence electrons. The molecule has 1 heterocycles. The second-order valence-corrected chi connectivity index (χ2v) is 4.25. The molecule has 0 fully saturated rings. The zero-order valence-electron chi connectivity index (χ0n) is 10.9. The minimum absolute atomic E-state index is 0.475. The molecule has 0 atom stereocenters. The number of hydrogen-bond donors (Lipinski definition) is 0. The van der Waals surface area contributed by atoms with Gasteiger partial charge in [0.2, 0.25) is 0 Å². The molecule has 1 aromatic rings. The van der Waals surface area contributed by atoms with Crippen molar-refractivity contribution >= 4 is 11.3 Å². The van der Waals surface area contributed by atoms with Crippen molar-refractivity contribution < 1.29 is 4.74 Å². The summed E-state index contributed by atoms with van der Waals surface area (Å²) in [7, 11) is 0. The molecule has 18 heavy (non-hydrogen) atoms. The van der Waals surface area contributed by atoms with Gasteiger partial charge in [-0.25, -0.2) is 0 Å². The molecule has 0 aromatic heterocycles. The number of benzene rings is 1. The highest BCUT2D eigenvalue weighted by atomic mass is 16.5. The SMILES string of the molecule is C=CC=C1C(=NC=C)COc2c1ccc(C)c2C. The van der Waals surface area contributed by atoms with Gasteiger partial charge in [0.15, 0.2) is 0 Å². The van der Waals surface area contributed by atoms with E-state index in [2.05, 4.69) is 44.1 Å². The Morgan fingerprint density at radius 1 is 1.28 bits per heavy atom. The van der Waals surface area contributed by atoms with Gasteiger partial charge in [-0.15, -0.1) is 0 Å². The van der Waals surface area contributed by atoms with Gasteiger partial charge in [0.25, 0.3) is 0 Å². The predicted molar refractivity (Wildman–Crippen MR) is 77.2 cm³/mol. The van der Waals surface area contributed by atoms with E-state index in [1.165, 1.54) is 11.1 Å². The lowest BCUT2D eigenvalue weighted by molar-refractivity contribution is 0.369. The predicted octanol–water partition coefficient (Wildman–Crippen LogP) is 3.85. The molecule has 0 saturated heterocycles. The number of hydrogen-bond acceptors (Lipinski definition) is 2. The Hall–Kier alpha value is -2.09. The van der Waals surface area contributed by atoms with E-state index in [-0.39, 0.29) is 0 Å². The highest BCUT2D eigenvalue weighted by molar-refractivity contribution is 6.26. The van der Waals surface area contributed by atoms with Crippen molar-refractivity contribution in [1.82, 2.24) is 0 Å². The summed E-state index contributed by atoms with van der Waals surface area (Å²) in [4.78, 5) is 4.27. The Bertz CT molecular complexity index is 565. The zero-order valence-corrected chi connectivity index (χ0v) is 10.9. The minimum Gasteiger partial charge on any atom is -0.486 e. The molecular formula is C16H17NO. The van der Waals surface area contributed by atoms with Crippen LogP contribution in [0.15, 0.2) is 48.6 Å². The van der Waals surface area contributed by atoms with Crippen molar-refractivity contribution in [2.45, 2.75) is 13.8 Å². The van der Waals surface area contributed by atoms with E-state index in [1.54, 1.807) is 12.3 Å². The lowest BCUT2D eigenvalue weighted by atomic mass is 9.93. The molecule has 0 aliphatic carbocycles. The molecule has 1 aromatic carbocycles. The van der Waals surface area contributed by atoms with Crippen LogP contribution in [0.25, 0.3) is 5.57 Å². The van der Waals surface area contributed by atoms with E-state index in [1.807, 2.05) is 6.08 Å². The van der Waals surface area contributed by atoms with Crippen molar-refractivity contribution in [3.63, 3.8) is 0 Å². The van der Waals surface area contributed by atoms with Crippen LogP contribution < -0.4 is 4.74 Å². The lowest BCUT2D eigenvalue weighted by Crippen LogP contribution is -2.20. The number of fused-ring (bicyclic) bond motifs is 1. The first-order valence-corrected chi connectivity index (χ1v) is 5.93. The molecule has 0 spiro atoms. The summed E-state index contributed by atoms with van der Waals surface area (Å²) in [6.45, 7) is 12.0. The Labute approximate surface area is 108 Å². The van der Waals surface area contributed by atoms with Crippen molar-refractivity contribution in [2.24, 2.45) is 4.99 Å². The molecule has 0 bridgehead atoms. The quantitative estimate of drug-likeness (QED) is 0.768. The third-order valence-corrected chi connectivity index (χ3v) is 3.16. The van der Waals surface area contributed by atoms with E-state index in [0.29, 0.717) is 6.61 Å². The molecule has 0 unspecified atom stereocenters. The number of rotatable bonds is 2. The third kappa shape index (κ3) is 2.02. The molecule has 0 radical (unpaired) electrons. The van der Waals surface area contributed by atoms with Crippen LogP contribution in [0, 0.1) is 13.8 Å². The first-order valence-electron chi connectivity index (χ1n) is 5.93. The number of aryl methyl sites for hydroxylation is 1. The molecule has 1 aliphatic heterocycles. The molecule has 2 nitrogen and oxygen atoms in total. The molecular weight excluding hydrogens is 222 g/mol. The highest BCUT2D eigenvalue weighted by Crippen LogP contribution is 2.35. The molecule has 1 aliphatic rings.